The molecule has 0 bridgehead atoms. The van der Waals surface area contributed by atoms with Gasteiger partial charge in [-0.15, -0.1) is 0 Å². The van der Waals surface area contributed by atoms with Gasteiger partial charge in [-0.2, -0.15) is 0 Å². The molecule has 0 N–H and O–H groups in total. The second kappa shape index (κ2) is 15.6. The van der Waals surface area contributed by atoms with E-state index in [0.29, 0.717) is 5.82 Å². The van der Waals surface area contributed by atoms with Gasteiger partial charge in [0.15, 0.2) is 5.82 Å². The summed E-state index contributed by atoms with van der Waals surface area (Å²) in [5.41, 5.74) is 16.7. The zero-order chi connectivity index (χ0) is 45.4. The molecule has 0 saturated heterocycles. The van der Waals surface area contributed by atoms with E-state index in [1.165, 1.54) is 21.5 Å². The van der Waals surface area contributed by atoms with Crippen LogP contribution < -0.4 is 0 Å². The van der Waals surface area contributed by atoms with Crippen molar-refractivity contribution in [1.29, 1.82) is 0 Å². The van der Waals surface area contributed by atoms with Gasteiger partial charge in [0.2, 0.25) is 0 Å². The van der Waals surface area contributed by atoms with Crippen molar-refractivity contribution in [3.63, 3.8) is 0 Å². The number of rotatable bonds is 7. The molecule has 6 aromatic heterocycles. The number of hydrogen-bond donors (Lipinski definition) is 0. The molecule has 0 atom stereocenters. The van der Waals surface area contributed by atoms with E-state index < -0.39 is 0 Å². The Balaban J connectivity index is 0.889. The number of aromatic nitrogens is 7. The summed E-state index contributed by atoms with van der Waals surface area (Å²) >= 11 is 0. The molecule has 0 amide bonds. The van der Waals surface area contributed by atoms with Gasteiger partial charge in [-0.3, -0.25) is 4.98 Å². The molecule has 14 rings (SSSR count). The first-order valence-electron chi connectivity index (χ1n) is 23.2. The Morgan fingerprint density at radius 3 is 1.55 bits per heavy atom. The third-order valence-electron chi connectivity index (χ3n) is 13.6. The Morgan fingerprint density at radius 1 is 0.275 bits per heavy atom. The SMILES string of the molecule is c1ccc(-c2cc(-n3c4ccccc4c4ccc(-c5nccc(-c6ccc7c(c6)c6ccccc6n7-c6ccc7c(c6)c6ccncc6n7-c6ccccc6)n5)cc43)cc(-c3ccccc3)n2)cc1. The predicted molar refractivity (Wildman–Crippen MR) is 282 cm³/mol. The topological polar surface area (TPSA) is 66.3 Å². The van der Waals surface area contributed by atoms with Crippen LogP contribution in [0.25, 0.3) is 128 Å². The number of nitrogens with zero attached hydrogens (tertiary/aromatic N) is 7. The number of fused-ring (bicyclic) bond motifs is 9. The highest BCUT2D eigenvalue weighted by Gasteiger charge is 2.20. The Hall–Kier alpha value is -9.46. The van der Waals surface area contributed by atoms with Crippen LogP contribution in [-0.2, 0) is 0 Å². The minimum Gasteiger partial charge on any atom is -0.309 e. The molecule has 14 aromatic rings. The van der Waals surface area contributed by atoms with Gasteiger partial charge in [0.25, 0.3) is 0 Å². The van der Waals surface area contributed by atoms with Crippen LogP contribution in [0.15, 0.2) is 237 Å². The molecule has 0 spiro atoms. The summed E-state index contributed by atoms with van der Waals surface area (Å²) in [6.07, 6.45) is 5.72. The van der Waals surface area contributed by atoms with E-state index in [0.717, 1.165) is 100 Å². The summed E-state index contributed by atoms with van der Waals surface area (Å²) in [7, 11) is 0. The highest BCUT2D eigenvalue weighted by atomic mass is 15.0. The molecule has 0 aliphatic rings. The monoisotopic (exact) mass is 881 g/mol. The second-order valence-electron chi connectivity index (χ2n) is 17.5. The number of para-hydroxylation sites is 3. The lowest BCUT2D eigenvalue weighted by molar-refractivity contribution is 1.15. The summed E-state index contributed by atoms with van der Waals surface area (Å²) in [4.78, 5) is 19.9. The molecular weight excluding hydrogens is 843 g/mol. The summed E-state index contributed by atoms with van der Waals surface area (Å²) in [6, 6.07) is 77.3. The van der Waals surface area contributed by atoms with Crippen molar-refractivity contribution in [2.45, 2.75) is 0 Å². The van der Waals surface area contributed by atoms with Crippen molar-refractivity contribution in [2.75, 3.05) is 0 Å². The van der Waals surface area contributed by atoms with E-state index in [1.54, 1.807) is 0 Å². The molecule has 8 aromatic carbocycles. The first-order valence-corrected chi connectivity index (χ1v) is 23.2. The van der Waals surface area contributed by atoms with Crippen molar-refractivity contribution in [3.8, 4) is 62.2 Å². The first-order chi connectivity index (χ1) is 34.2. The molecule has 0 aliphatic heterocycles. The smallest absolute Gasteiger partial charge is 0.159 e. The average Bonchev–Trinajstić information content (AvgIpc) is 4.06. The number of hydrogen-bond acceptors (Lipinski definition) is 4. The van der Waals surface area contributed by atoms with Gasteiger partial charge >= 0.3 is 0 Å². The molecule has 0 radical (unpaired) electrons. The van der Waals surface area contributed by atoms with E-state index in [2.05, 4.69) is 219 Å². The van der Waals surface area contributed by atoms with Gasteiger partial charge in [0.05, 0.1) is 62.1 Å². The van der Waals surface area contributed by atoms with Gasteiger partial charge in [-0.1, -0.05) is 133 Å². The van der Waals surface area contributed by atoms with Crippen LogP contribution >= 0.6 is 0 Å². The third kappa shape index (κ3) is 6.29. The fourth-order valence-electron chi connectivity index (χ4n) is 10.5. The van der Waals surface area contributed by atoms with Gasteiger partial charge in [0, 0.05) is 78.3 Å². The highest BCUT2D eigenvalue weighted by Crippen LogP contribution is 2.40. The molecule has 322 valence electrons. The zero-order valence-corrected chi connectivity index (χ0v) is 37.1. The Kier molecular flexibility index (Phi) is 8.75. The van der Waals surface area contributed by atoms with Crippen LogP contribution in [0.1, 0.15) is 0 Å². The van der Waals surface area contributed by atoms with E-state index in [4.69, 9.17) is 15.0 Å². The van der Waals surface area contributed by atoms with Crippen molar-refractivity contribution < 1.29 is 0 Å². The minimum atomic E-state index is 0.663. The Morgan fingerprint density at radius 2 is 0.826 bits per heavy atom. The maximum atomic E-state index is 5.28. The predicted octanol–water partition coefficient (Wildman–Crippen LogP) is 15.2. The van der Waals surface area contributed by atoms with Crippen molar-refractivity contribution >= 4 is 65.4 Å². The fourth-order valence-corrected chi connectivity index (χ4v) is 10.5. The van der Waals surface area contributed by atoms with Crippen LogP contribution in [-0.4, -0.2) is 33.6 Å². The van der Waals surface area contributed by atoms with E-state index in [9.17, 15) is 0 Å². The molecular formula is C62H39N7. The molecule has 0 fully saturated rings. The van der Waals surface area contributed by atoms with E-state index in [-0.39, 0.29) is 0 Å². The largest absolute Gasteiger partial charge is 0.309 e. The number of pyridine rings is 2. The van der Waals surface area contributed by atoms with Crippen LogP contribution in [0, 0.1) is 0 Å². The zero-order valence-electron chi connectivity index (χ0n) is 37.1. The Labute approximate surface area is 396 Å². The second-order valence-corrected chi connectivity index (χ2v) is 17.5. The summed E-state index contributed by atoms with van der Waals surface area (Å²) in [5, 5.41) is 7.02. The maximum Gasteiger partial charge on any atom is 0.159 e. The lowest BCUT2D eigenvalue weighted by Crippen LogP contribution is -1.99. The lowest BCUT2D eigenvalue weighted by atomic mass is 10.1. The molecule has 7 heteroatoms. The minimum absolute atomic E-state index is 0.663. The van der Waals surface area contributed by atoms with Crippen molar-refractivity contribution in [2.24, 2.45) is 0 Å². The Bertz CT molecular complexity index is 4240. The lowest BCUT2D eigenvalue weighted by Gasteiger charge is -2.13. The van der Waals surface area contributed by atoms with E-state index in [1.807, 2.05) is 36.8 Å². The molecule has 69 heavy (non-hydrogen) atoms. The normalized spacial score (nSPS) is 11.8. The van der Waals surface area contributed by atoms with Gasteiger partial charge in [-0.25, -0.2) is 15.0 Å². The molecule has 0 aliphatic carbocycles. The van der Waals surface area contributed by atoms with Gasteiger partial charge in [0.1, 0.15) is 0 Å². The van der Waals surface area contributed by atoms with Crippen LogP contribution in [0.5, 0.6) is 0 Å². The quantitative estimate of drug-likeness (QED) is 0.160. The van der Waals surface area contributed by atoms with Gasteiger partial charge in [-0.05, 0) is 84.9 Å². The van der Waals surface area contributed by atoms with Gasteiger partial charge < -0.3 is 13.7 Å². The fraction of sp³-hybridized carbons (Fsp3) is 0. The first kappa shape index (κ1) is 38.8. The summed E-state index contributed by atoms with van der Waals surface area (Å²) < 4.78 is 7.05. The van der Waals surface area contributed by atoms with E-state index >= 15 is 0 Å². The maximum absolute atomic E-state index is 5.28. The number of benzene rings is 8. The van der Waals surface area contributed by atoms with Crippen LogP contribution in [0.4, 0.5) is 0 Å². The molecule has 0 unspecified atom stereocenters. The van der Waals surface area contributed by atoms with Crippen LogP contribution in [0.2, 0.25) is 0 Å². The highest BCUT2D eigenvalue weighted by molar-refractivity contribution is 6.13. The average molecular weight is 882 g/mol. The molecule has 7 nitrogen and oxygen atoms in total. The third-order valence-corrected chi connectivity index (χ3v) is 13.6. The molecule has 0 saturated carbocycles. The molecule has 6 heterocycles. The summed E-state index contributed by atoms with van der Waals surface area (Å²) in [6.45, 7) is 0. The van der Waals surface area contributed by atoms with Crippen LogP contribution in [0.3, 0.4) is 0 Å². The summed E-state index contributed by atoms with van der Waals surface area (Å²) in [5.74, 6) is 0.663. The van der Waals surface area contributed by atoms with Crippen molar-refractivity contribution in [3.05, 3.63) is 237 Å². The standard InChI is InChI=1S/C62H39N7/c1-4-14-40(15-5-1)54-37-46(38-55(65-54)41-16-6-2-7-17-41)69-56-22-12-10-20-47(56)49-27-24-43(35-60(49)69)62-64-33-31-53(66-62)42-25-28-58-51(34-42)48-21-11-13-23-57(48)68(58)45-26-29-59-52(36-45)50-30-32-63-39-61(50)67(59)44-18-8-3-9-19-44/h1-39H. The van der Waals surface area contributed by atoms with Crippen molar-refractivity contribution in [1.82, 2.24) is 33.6 Å².